The van der Waals surface area contributed by atoms with Crippen molar-refractivity contribution in [1.82, 2.24) is 15.5 Å². The Balaban J connectivity index is 1.84. The van der Waals surface area contributed by atoms with E-state index in [4.69, 9.17) is 0 Å². The minimum atomic E-state index is 0.804. The van der Waals surface area contributed by atoms with Gasteiger partial charge in [-0.15, -0.1) is 0 Å². The second kappa shape index (κ2) is 4.94. The van der Waals surface area contributed by atoms with Crippen LogP contribution >= 0.6 is 0 Å². The van der Waals surface area contributed by atoms with Crippen LogP contribution in [0.4, 0.5) is 0 Å². The fraction of sp³-hybridized carbons (Fsp3) is 0.308. The van der Waals surface area contributed by atoms with Crippen LogP contribution in [0.15, 0.2) is 30.3 Å². The van der Waals surface area contributed by atoms with Crippen molar-refractivity contribution in [2.24, 2.45) is 0 Å². The van der Waals surface area contributed by atoms with E-state index in [0.29, 0.717) is 0 Å². The number of nitrogens with one attached hydrogen (secondary N) is 2. The summed E-state index contributed by atoms with van der Waals surface area (Å²) >= 11 is 0. The highest BCUT2D eigenvalue weighted by Crippen LogP contribution is 2.04. The standard InChI is InChI=1S/C13H17N3/c1-10-4-3-5-12(6-10)8-14-9-13-7-11(2)15-16-13/h3-7,14H,8-9H2,1-2H3,(H,15,16). The molecule has 0 unspecified atom stereocenters. The molecule has 0 saturated heterocycles. The van der Waals surface area contributed by atoms with Gasteiger partial charge in [0.15, 0.2) is 0 Å². The lowest BCUT2D eigenvalue weighted by Gasteiger charge is -2.03. The molecule has 3 nitrogen and oxygen atoms in total. The molecule has 0 aliphatic carbocycles. The van der Waals surface area contributed by atoms with Gasteiger partial charge in [0, 0.05) is 18.8 Å². The molecular formula is C13H17N3. The highest BCUT2D eigenvalue weighted by molar-refractivity contribution is 5.22. The van der Waals surface area contributed by atoms with Gasteiger partial charge in [0.2, 0.25) is 0 Å². The molecule has 0 fully saturated rings. The zero-order chi connectivity index (χ0) is 11.4. The summed E-state index contributed by atoms with van der Waals surface area (Å²) in [5, 5.41) is 10.5. The summed E-state index contributed by atoms with van der Waals surface area (Å²) in [6.45, 7) is 5.81. The number of aromatic amines is 1. The van der Waals surface area contributed by atoms with Gasteiger partial charge in [0.1, 0.15) is 0 Å². The first kappa shape index (κ1) is 10.9. The summed E-state index contributed by atoms with van der Waals surface area (Å²) in [7, 11) is 0. The Morgan fingerprint density at radius 2 is 2.06 bits per heavy atom. The minimum Gasteiger partial charge on any atom is -0.307 e. The molecule has 2 N–H and O–H groups in total. The second-order valence-electron chi connectivity index (χ2n) is 4.13. The second-order valence-corrected chi connectivity index (χ2v) is 4.13. The molecule has 0 bridgehead atoms. The first-order valence-corrected chi connectivity index (χ1v) is 5.51. The Hall–Kier alpha value is -1.61. The number of rotatable bonds is 4. The van der Waals surface area contributed by atoms with Gasteiger partial charge in [-0.2, -0.15) is 5.10 Å². The maximum Gasteiger partial charge on any atom is 0.0762 e. The number of nitrogens with zero attached hydrogens (tertiary/aromatic N) is 1. The number of aryl methyl sites for hydroxylation is 2. The van der Waals surface area contributed by atoms with Gasteiger partial charge >= 0.3 is 0 Å². The molecule has 2 aromatic rings. The van der Waals surface area contributed by atoms with Crippen LogP contribution in [0.25, 0.3) is 0 Å². The normalized spacial score (nSPS) is 10.6. The quantitative estimate of drug-likeness (QED) is 0.821. The molecule has 1 heterocycles. The molecular weight excluding hydrogens is 198 g/mol. The van der Waals surface area contributed by atoms with Crippen LogP contribution in [-0.4, -0.2) is 10.2 Å². The van der Waals surface area contributed by atoms with Crippen LogP contribution in [-0.2, 0) is 13.1 Å². The Labute approximate surface area is 95.9 Å². The third-order valence-corrected chi connectivity index (χ3v) is 2.48. The Morgan fingerprint density at radius 3 is 2.75 bits per heavy atom. The topological polar surface area (TPSA) is 40.7 Å². The van der Waals surface area contributed by atoms with Crippen molar-refractivity contribution in [2.45, 2.75) is 26.9 Å². The Morgan fingerprint density at radius 1 is 1.19 bits per heavy atom. The van der Waals surface area contributed by atoms with Crippen molar-refractivity contribution < 1.29 is 0 Å². The van der Waals surface area contributed by atoms with Gasteiger partial charge in [0.05, 0.1) is 5.69 Å². The zero-order valence-corrected chi connectivity index (χ0v) is 9.75. The average Bonchev–Trinajstić information content (AvgIpc) is 2.64. The van der Waals surface area contributed by atoms with E-state index in [-0.39, 0.29) is 0 Å². The van der Waals surface area contributed by atoms with Crippen molar-refractivity contribution in [1.29, 1.82) is 0 Å². The third-order valence-electron chi connectivity index (χ3n) is 2.48. The largest absolute Gasteiger partial charge is 0.307 e. The van der Waals surface area contributed by atoms with Gasteiger partial charge in [-0.3, -0.25) is 5.10 Å². The van der Waals surface area contributed by atoms with E-state index >= 15 is 0 Å². The highest BCUT2D eigenvalue weighted by atomic mass is 15.1. The predicted molar refractivity (Wildman–Crippen MR) is 65.0 cm³/mol. The van der Waals surface area contributed by atoms with E-state index in [9.17, 15) is 0 Å². The summed E-state index contributed by atoms with van der Waals surface area (Å²) in [4.78, 5) is 0. The van der Waals surface area contributed by atoms with E-state index in [1.165, 1.54) is 11.1 Å². The Bertz CT molecular complexity index is 460. The highest BCUT2D eigenvalue weighted by Gasteiger charge is 1.97. The summed E-state index contributed by atoms with van der Waals surface area (Å²) in [5.74, 6) is 0. The third kappa shape index (κ3) is 2.94. The van der Waals surface area contributed by atoms with E-state index in [1.807, 2.05) is 6.92 Å². The van der Waals surface area contributed by atoms with E-state index in [1.54, 1.807) is 0 Å². The predicted octanol–water partition coefficient (Wildman–Crippen LogP) is 2.32. The van der Waals surface area contributed by atoms with Crippen LogP contribution in [0.2, 0.25) is 0 Å². The SMILES string of the molecule is Cc1cccc(CNCc2cc(C)[nH]n2)c1. The van der Waals surface area contributed by atoms with Gasteiger partial charge in [-0.05, 0) is 25.5 Å². The first-order valence-electron chi connectivity index (χ1n) is 5.51. The van der Waals surface area contributed by atoms with Gasteiger partial charge in [-0.25, -0.2) is 0 Å². The molecule has 0 radical (unpaired) electrons. The van der Waals surface area contributed by atoms with Gasteiger partial charge in [-0.1, -0.05) is 29.8 Å². The van der Waals surface area contributed by atoms with E-state index in [2.05, 4.69) is 52.8 Å². The summed E-state index contributed by atoms with van der Waals surface area (Å²) in [6, 6.07) is 10.6. The number of hydrogen-bond donors (Lipinski definition) is 2. The molecule has 1 aromatic heterocycles. The van der Waals surface area contributed by atoms with Crippen molar-refractivity contribution in [3.8, 4) is 0 Å². The van der Waals surface area contributed by atoms with Crippen molar-refractivity contribution >= 4 is 0 Å². The molecule has 84 valence electrons. The first-order chi connectivity index (χ1) is 7.74. The number of hydrogen-bond acceptors (Lipinski definition) is 2. The maximum atomic E-state index is 4.18. The fourth-order valence-electron chi connectivity index (χ4n) is 1.72. The fourth-order valence-corrected chi connectivity index (χ4v) is 1.72. The van der Waals surface area contributed by atoms with E-state index in [0.717, 1.165) is 24.5 Å². The molecule has 3 heteroatoms. The van der Waals surface area contributed by atoms with Crippen molar-refractivity contribution in [3.63, 3.8) is 0 Å². The summed E-state index contributed by atoms with van der Waals surface area (Å²) < 4.78 is 0. The summed E-state index contributed by atoms with van der Waals surface area (Å²) in [5.41, 5.74) is 4.78. The molecule has 2 rings (SSSR count). The average molecular weight is 215 g/mol. The van der Waals surface area contributed by atoms with Gasteiger partial charge < -0.3 is 5.32 Å². The van der Waals surface area contributed by atoms with Crippen molar-refractivity contribution in [3.05, 3.63) is 52.8 Å². The molecule has 0 atom stereocenters. The van der Waals surface area contributed by atoms with Crippen LogP contribution in [0, 0.1) is 13.8 Å². The Kier molecular flexibility index (Phi) is 3.37. The minimum absolute atomic E-state index is 0.804. The van der Waals surface area contributed by atoms with Crippen LogP contribution in [0.5, 0.6) is 0 Å². The molecule has 0 saturated carbocycles. The monoisotopic (exact) mass is 215 g/mol. The van der Waals surface area contributed by atoms with Gasteiger partial charge in [0.25, 0.3) is 0 Å². The maximum absolute atomic E-state index is 4.18. The lowest BCUT2D eigenvalue weighted by atomic mass is 10.1. The zero-order valence-electron chi connectivity index (χ0n) is 9.75. The molecule has 16 heavy (non-hydrogen) atoms. The van der Waals surface area contributed by atoms with Crippen LogP contribution in [0.1, 0.15) is 22.5 Å². The van der Waals surface area contributed by atoms with E-state index < -0.39 is 0 Å². The lowest BCUT2D eigenvalue weighted by molar-refractivity contribution is 0.677. The number of aromatic nitrogens is 2. The molecule has 0 spiro atoms. The summed E-state index contributed by atoms with van der Waals surface area (Å²) in [6.07, 6.45) is 0. The van der Waals surface area contributed by atoms with Crippen LogP contribution < -0.4 is 5.32 Å². The molecule has 1 aromatic carbocycles. The van der Waals surface area contributed by atoms with Crippen LogP contribution in [0.3, 0.4) is 0 Å². The van der Waals surface area contributed by atoms with Crippen molar-refractivity contribution in [2.75, 3.05) is 0 Å². The molecule has 0 amide bonds. The molecule has 0 aliphatic heterocycles. The lowest BCUT2D eigenvalue weighted by Crippen LogP contribution is -2.12. The number of benzene rings is 1. The smallest absolute Gasteiger partial charge is 0.0762 e. The molecule has 0 aliphatic rings. The number of H-pyrrole nitrogens is 1.